The smallest absolute Gasteiger partial charge is 0.335 e. The van der Waals surface area contributed by atoms with Gasteiger partial charge < -0.3 is 10.0 Å². The van der Waals surface area contributed by atoms with E-state index in [1.54, 1.807) is 12.1 Å². The molecule has 2 N–H and O–H groups in total. The summed E-state index contributed by atoms with van der Waals surface area (Å²) in [6.07, 6.45) is 4.49. The van der Waals surface area contributed by atoms with Gasteiger partial charge in [0.25, 0.3) is 11.8 Å². The van der Waals surface area contributed by atoms with Gasteiger partial charge in [-0.2, -0.15) is 0 Å². The maximum Gasteiger partial charge on any atom is 0.335 e. The second kappa shape index (κ2) is 8.88. The van der Waals surface area contributed by atoms with E-state index in [9.17, 15) is 18.8 Å². The molecule has 0 saturated carbocycles. The van der Waals surface area contributed by atoms with Gasteiger partial charge in [-0.25, -0.2) is 9.18 Å². The fraction of sp³-hybridized carbons (Fsp3) is 0.217. The fourth-order valence-electron chi connectivity index (χ4n) is 3.82. The molecular formula is C23H20FN3O4S. The van der Waals surface area contributed by atoms with E-state index in [0.717, 1.165) is 37.3 Å². The van der Waals surface area contributed by atoms with Gasteiger partial charge in [0, 0.05) is 13.1 Å². The maximum absolute atomic E-state index is 14.8. The van der Waals surface area contributed by atoms with Crippen molar-refractivity contribution in [1.82, 2.24) is 5.32 Å². The number of halogens is 1. The summed E-state index contributed by atoms with van der Waals surface area (Å²) in [4.78, 5) is 39.7. The van der Waals surface area contributed by atoms with Gasteiger partial charge in [-0.15, -0.1) is 0 Å². The molecule has 4 rings (SSSR count). The first-order chi connectivity index (χ1) is 15.3. The second-order valence-corrected chi connectivity index (χ2v) is 7.96. The Balaban J connectivity index is 1.62. The van der Waals surface area contributed by atoms with E-state index in [4.69, 9.17) is 17.3 Å². The number of thiocarbonyl (C=S) groups is 1. The number of carboxylic acid groups (broad SMARTS) is 1. The minimum Gasteiger partial charge on any atom is -0.478 e. The van der Waals surface area contributed by atoms with E-state index in [2.05, 4.69) is 5.32 Å². The van der Waals surface area contributed by atoms with Crippen molar-refractivity contribution >= 4 is 52.6 Å². The third-order valence-corrected chi connectivity index (χ3v) is 5.74. The van der Waals surface area contributed by atoms with Crippen LogP contribution in [0, 0.1) is 5.82 Å². The highest BCUT2D eigenvalue weighted by atomic mass is 32.1. The van der Waals surface area contributed by atoms with Crippen LogP contribution >= 0.6 is 12.2 Å². The van der Waals surface area contributed by atoms with E-state index in [1.165, 1.54) is 36.4 Å². The van der Waals surface area contributed by atoms with Crippen LogP contribution in [-0.4, -0.2) is 41.1 Å². The third kappa shape index (κ3) is 4.24. The number of rotatable bonds is 4. The number of aromatic carboxylic acids is 1. The van der Waals surface area contributed by atoms with E-state index < -0.39 is 23.6 Å². The Labute approximate surface area is 189 Å². The Kier molecular flexibility index (Phi) is 6.00. The number of anilines is 2. The second-order valence-electron chi connectivity index (χ2n) is 7.57. The highest BCUT2D eigenvalue weighted by Gasteiger charge is 2.34. The van der Waals surface area contributed by atoms with E-state index in [1.807, 2.05) is 4.90 Å². The van der Waals surface area contributed by atoms with Crippen molar-refractivity contribution < 1.29 is 23.9 Å². The number of hydrogen-bond donors (Lipinski definition) is 2. The van der Waals surface area contributed by atoms with E-state index >= 15 is 0 Å². The van der Waals surface area contributed by atoms with Gasteiger partial charge in [-0.1, -0.05) is 6.07 Å². The van der Waals surface area contributed by atoms with Gasteiger partial charge in [0.2, 0.25) is 0 Å². The van der Waals surface area contributed by atoms with Crippen LogP contribution in [0.2, 0.25) is 0 Å². The first kappa shape index (κ1) is 21.6. The molecule has 9 heteroatoms. The summed E-state index contributed by atoms with van der Waals surface area (Å²) >= 11 is 5.14. The quantitative estimate of drug-likeness (QED) is 0.419. The number of hydrogen-bond acceptors (Lipinski definition) is 5. The van der Waals surface area contributed by atoms with Gasteiger partial charge in [0.1, 0.15) is 11.4 Å². The number of carboxylic acids is 1. The largest absolute Gasteiger partial charge is 0.478 e. The molecule has 2 aromatic rings. The summed E-state index contributed by atoms with van der Waals surface area (Å²) in [6.45, 7) is 1.59. The molecule has 0 radical (unpaired) electrons. The lowest BCUT2D eigenvalue weighted by Crippen LogP contribution is -2.54. The first-order valence-corrected chi connectivity index (χ1v) is 10.6. The molecule has 2 amide bonds. The molecule has 7 nitrogen and oxygen atoms in total. The average Bonchev–Trinajstić information content (AvgIpc) is 2.77. The van der Waals surface area contributed by atoms with Crippen LogP contribution in [0.15, 0.2) is 48.0 Å². The minimum atomic E-state index is -1.10. The van der Waals surface area contributed by atoms with Crippen LogP contribution in [0.25, 0.3) is 6.08 Å². The molecule has 2 aliphatic heterocycles. The lowest BCUT2D eigenvalue weighted by atomic mass is 10.0. The normalized spacial score (nSPS) is 18.2. The molecule has 32 heavy (non-hydrogen) atoms. The van der Waals surface area contributed by atoms with Gasteiger partial charge in [0.15, 0.2) is 5.11 Å². The van der Waals surface area contributed by atoms with Crippen LogP contribution in [0.3, 0.4) is 0 Å². The lowest BCUT2D eigenvalue weighted by Gasteiger charge is -2.29. The van der Waals surface area contributed by atoms with Crippen molar-refractivity contribution in [2.24, 2.45) is 0 Å². The summed E-state index contributed by atoms with van der Waals surface area (Å²) in [6, 6.07) is 10.1. The zero-order valence-corrected chi connectivity index (χ0v) is 17.8. The van der Waals surface area contributed by atoms with E-state index in [0.29, 0.717) is 16.9 Å². The van der Waals surface area contributed by atoms with Crippen LogP contribution in [-0.2, 0) is 9.59 Å². The number of carbonyl (C=O) groups is 3. The third-order valence-electron chi connectivity index (χ3n) is 5.45. The van der Waals surface area contributed by atoms with Crippen molar-refractivity contribution in [3.05, 3.63) is 65.0 Å². The molecule has 0 aromatic heterocycles. The van der Waals surface area contributed by atoms with Gasteiger partial charge in [-0.3, -0.25) is 19.8 Å². The molecule has 0 spiro atoms. The predicted molar refractivity (Wildman–Crippen MR) is 122 cm³/mol. The van der Waals surface area contributed by atoms with Crippen molar-refractivity contribution in [3.63, 3.8) is 0 Å². The molecule has 2 fully saturated rings. The molecule has 2 heterocycles. The van der Waals surface area contributed by atoms with Crippen LogP contribution in [0.4, 0.5) is 15.8 Å². The molecule has 0 unspecified atom stereocenters. The Hall–Kier alpha value is -3.59. The van der Waals surface area contributed by atoms with Crippen molar-refractivity contribution in [1.29, 1.82) is 0 Å². The monoisotopic (exact) mass is 453 g/mol. The van der Waals surface area contributed by atoms with Crippen LogP contribution in [0.5, 0.6) is 0 Å². The maximum atomic E-state index is 14.8. The fourth-order valence-corrected chi connectivity index (χ4v) is 4.10. The summed E-state index contributed by atoms with van der Waals surface area (Å²) in [5.74, 6) is -2.88. The number of benzene rings is 2. The molecular weight excluding hydrogens is 433 g/mol. The van der Waals surface area contributed by atoms with E-state index in [-0.39, 0.29) is 16.2 Å². The molecule has 0 bridgehead atoms. The Morgan fingerprint density at radius 1 is 1.06 bits per heavy atom. The molecule has 2 aliphatic rings. The zero-order chi connectivity index (χ0) is 22.8. The summed E-state index contributed by atoms with van der Waals surface area (Å²) in [5, 5.41) is 11.4. The molecule has 164 valence electrons. The molecule has 2 aromatic carbocycles. The number of carbonyl (C=O) groups excluding carboxylic acids is 2. The summed E-state index contributed by atoms with van der Waals surface area (Å²) in [7, 11) is 0. The lowest BCUT2D eigenvalue weighted by molar-refractivity contribution is -0.122. The highest BCUT2D eigenvalue weighted by Crippen LogP contribution is 2.26. The molecule has 0 aliphatic carbocycles. The SMILES string of the molecule is O=C1NC(=S)N(c2ccc(C(=O)O)cc2)C(=O)/C1=C/c1ccc(N2CCCCC2)c(F)c1. The number of piperidine rings is 1. The zero-order valence-electron chi connectivity index (χ0n) is 17.0. The van der Waals surface area contributed by atoms with Gasteiger partial charge >= 0.3 is 5.97 Å². The van der Waals surface area contributed by atoms with Gasteiger partial charge in [-0.05, 0) is 79.5 Å². The van der Waals surface area contributed by atoms with Crippen LogP contribution in [0.1, 0.15) is 35.2 Å². The van der Waals surface area contributed by atoms with Crippen molar-refractivity contribution in [2.45, 2.75) is 19.3 Å². The Morgan fingerprint density at radius 3 is 2.38 bits per heavy atom. The summed E-state index contributed by atoms with van der Waals surface area (Å²) in [5.41, 5.74) is 1.03. The predicted octanol–water partition coefficient (Wildman–Crippen LogP) is 3.35. The highest BCUT2D eigenvalue weighted by molar-refractivity contribution is 7.80. The standard InChI is InChI=1S/C23H20FN3O4S/c24-18-13-14(4-9-19(18)26-10-2-1-3-11-26)12-17-20(28)25-23(32)27(21(17)29)16-7-5-15(6-8-16)22(30)31/h4-9,12-13H,1-3,10-11H2,(H,30,31)(H,25,28,32)/b17-12+. The molecule has 2 saturated heterocycles. The Morgan fingerprint density at radius 2 is 1.75 bits per heavy atom. The average molecular weight is 453 g/mol. The van der Waals surface area contributed by atoms with Crippen molar-refractivity contribution in [2.75, 3.05) is 22.9 Å². The topological polar surface area (TPSA) is 90.0 Å². The Bertz CT molecular complexity index is 1140. The van der Waals surface area contributed by atoms with Gasteiger partial charge in [0.05, 0.1) is 16.9 Å². The summed E-state index contributed by atoms with van der Waals surface area (Å²) < 4.78 is 14.8. The number of amides is 2. The van der Waals surface area contributed by atoms with Crippen LogP contribution < -0.4 is 15.1 Å². The molecule has 0 atom stereocenters. The number of nitrogens with one attached hydrogen (secondary N) is 1. The minimum absolute atomic E-state index is 0.0493. The van der Waals surface area contributed by atoms with Crippen molar-refractivity contribution in [3.8, 4) is 0 Å². The number of nitrogens with zero attached hydrogens (tertiary/aromatic N) is 2. The first-order valence-electron chi connectivity index (χ1n) is 10.1.